The van der Waals surface area contributed by atoms with Crippen LogP contribution in [0.4, 0.5) is 0 Å². The van der Waals surface area contributed by atoms with Gasteiger partial charge in [0.25, 0.3) is 5.91 Å². The van der Waals surface area contributed by atoms with E-state index in [9.17, 15) is 9.59 Å². The fraction of sp³-hybridized carbons (Fsp3) is 0.526. The molecule has 0 aromatic heterocycles. The molecule has 0 aliphatic heterocycles. The smallest absolute Gasteiger partial charge is 0.271 e. The van der Waals surface area contributed by atoms with Crippen molar-refractivity contribution in [2.75, 3.05) is 6.54 Å². The topological polar surface area (TPSA) is 70.6 Å². The Morgan fingerprint density at radius 3 is 2.38 bits per heavy atom. The maximum absolute atomic E-state index is 11.8. The number of amides is 2. The van der Waals surface area contributed by atoms with Crippen molar-refractivity contribution in [3.63, 3.8) is 0 Å². The molecule has 1 aromatic rings. The lowest BCUT2D eigenvalue weighted by Gasteiger charge is -2.06. The average molecular weight is 331 g/mol. The van der Waals surface area contributed by atoms with E-state index in [1.54, 1.807) is 31.2 Å². The van der Waals surface area contributed by atoms with E-state index in [-0.39, 0.29) is 18.2 Å². The van der Waals surface area contributed by atoms with E-state index < -0.39 is 0 Å². The van der Waals surface area contributed by atoms with Gasteiger partial charge < -0.3 is 5.32 Å². The predicted molar refractivity (Wildman–Crippen MR) is 98.0 cm³/mol. The molecule has 0 spiro atoms. The standard InChI is InChI=1S/C19H29N3O2/c1-3-4-5-6-7-11-14-20-18(23)15-16(2)21-22-19(24)17-12-9-8-10-13-17/h8-10,12-13H,3-7,11,14-15H2,1-2H3,(H,20,23)(H,22,24)/b21-16-. The summed E-state index contributed by atoms with van der Waals surface area (Å²) in [6.45, 7) is 4.64. The predicted octanol–water partition coefficient (Wildman–Crippen LogP) is 3.66. The Morgan fingerprint density at radius 1 is 1.00 bits per heavy atom. The molecule has 5 heteroatoms. The van der Waals surface area contributed by atoms with Gasteiger partial charge in [0.05, 0.1) is 6.42 Å². The van der Waals surface area contributed by atoms with Crippen LogP contribution in [-0.2, 0) is 4.79 Å². The minimum Gasteiger partial charge on any atom is -0.356 e. The van der Waals surface area contributed by atoms with Gasteiger partial charge in [0.2, 0.25) is 5.91 Å². The highest BCUT2D eigenvalue weighted by Crippen LogP contribution is 2.04. The number of hydrazone groups is 1. The van der Waals surface area contributed by atoms with E-state index in [2.05, 4.69) is 22.8 Å². The highest BCUT2D eigenvalue weighted by Gasteiger charge is 2.05. The van der Waals surface area contributed by atoms with Gasteiger partial charge in [-0.1, -0.05) is 57.2 Å². The molecule has 0 aliphatic carbocycles. The van der Waals surface area contributed by atoms with Crippen LogP contribution in [0.1, 0.15) is 69.2 Å². The number of hydrogen-bond donors (Lipinski definition) is 2. The highest BCUT2D eigenvalue weighted by atomic mass is 16.2. The van der Waals surface area contributed by atoms with Crippen molar-refractivity contribution in [3.05, 3.63) is 35.9 Å². The maximum Gasteiger partial charge on any atom is 0.271 e. The second-order valence-corrected chi connectivity index (χ2v) is 5.95. The summed E-state index contributed by atoms with van der Waals surface area (Å²) in [6, 6.07) is 8.86. The molecule has 2 amide bonds. The molecule has 2 N–H and O–H groups in total. The number of benzene rings is 1. The van der Waals surface area contributed by atoms with E-state index in [1.165, 1.54) is 25.7 Å². The molecule has 0 saturated carbocycles. The molecule has 24 heavy (non-hydrogen) atoms. The van der Waals surface area contributed by atoms with Gasteiger partial charge in [-0.15, -0.1) is 0 Å². The average Bonchev–Trinajstić information content (AvgIpc) is 2.59. The number of hydrogen-bond acceptors (Lipinski definition) is 3. The molecule has 0 fully saturated rings. The first kappa shape index (κ1) is 19.9. The van der Waals surface area contributed by atoms with Crippen molar-refractivity contribution < 1.29 is 9.59 Å². The van der Waals surface area contributed by atoms with Crippen LogP contribution in [0.15, 0.2) is 35.4 Å². The lowest BCUT2D eigenvalue weighted by molar-refractivity contribution is -0.119. The fourth-order valence-corrected chi connectivity index (χ4v) is 2.27. The molecular formula is C19H29N3O2. The Labute approximate surface area is 144 Å². The number of rotatable bonds is 11. The molecule has 0 radical (unpaired) electrons. The van der Waals surface area contributed by atoms with Crippen molar-refractivity contribution >= 4 is 17.5 Å². The number of nitrogens with zero attached hydrogens (tertiary/aromatic N) is 1. The summed E-state index contributed by atoms with van der Waals surface area (Å²) in [6.07, 6.45) is 7.40. The van der Waals surface area contributed by atoms with E-state index in [4.69, 9.17) is 0 Å². The summed E-state index contributed by atoms with van der Waals surface area (Å²) >= 11 is 0. The first-order valence-corrected chi connectivity index (χ1v) is 8.78. The van der Waals surface area contributed by atoms with Crippen LogP contribution >= 0.6 is 0 Å². The molecule has 0 unspecified atom stereocenters. The van der Waals surface area contributed by atoms with Crippen LogP contribution in [0.5, 0.6) is 0 Å². The minimum atomic E-state index is -0.276. The Hall–Kier alpha value is -2.17. The van der Waals surface area contributed by atoms with Crippen molar-refractivity contribution in [3.8, 4) is 0 Å². The van der Waals surface area contributed by atoms with E-state index in [0.717, 1.165) is 12.8 Å². The number of unbranched alkanes of at least 4 members (excludes halogenated alkanes) is 5. The van der Waals surface area contributed by atoms with Gasteiger partial charge >= 0.3 is 0 Å². The van der Waals surface area contributed by atoms with Gasteiger partial charge in [0.1, 0.15) is 0 Å². The van der Waals surface area contributed by atoms with Crippen LogP contribution in [0.25, 0.3) is 0 Å². The van der Waals surface area contributed by atoms with E-state index >= 15 is 0 Å². The summed E-state index contributed by atoms with van der Waals surface area (Å²) < 4.78 is 0. The van der Waals surface area contributed by atoms with Crippen molar-refractivity contribution in [1.82, 2.24) is 10.7 Å². The summed E-state index contributed by atoms with van der Waals surface area (Å²) in [5.74, 6) is -0.332. The van der Waals surface area contributed by atoms with Crippen LogP contribution in [0.2, 0.25) is 0 Å². The van der Waals surface area contributed by atoms with Gasteiger partial charge in [-0.25, -0.2) is 5.43 Å². The highest BCUT2D eigenvalue weighted by molar-refractivity contribution is 6.01. The van der Waals surface area contributed by atoms with Gasteiger partial charge in [-0.05, 0) is 25.5 Å². The van der Waals surface area contributed by atoms with Crippen LogP contribution in [0.3, 0.4) is 0 Å². The molecular weight excluding hydrogens is 302 g/mol. The van der Waals surface area contributed by atoms with E-state index in [1.807, 2.05) is 6.07 Å². The third kappa shape index (κ3) is 9.08. The zero-order valence-corrected chi connectivity index (χ0v) is 14.8. The molecule has 0 heterocycles. The van der Waals surface area contributed by atoms with Crippen LogP contribution in [-0.4, -0.2) is 24.1 Å². The first-order valence-electron chi connectivity index (χ1n) is 8.78. The Morgan fingerprint density at radius 2 is 1.67 bits per heavy atom. The quantitative estimate of drug-likeness (QED) is 0.369. The second kappa shape index (κ2) is 12.3. The lowest BCUT2D eigenvalue weighted by atomic mass is 10.1. The largest absolute Gasteiger partial charge is 0.356 e. The van der Waals surface area contributed by atoms with Crippen LogP contribution < -0.4 is 10.7 Å². The lowest BCUT2D eigenvalue weighted by Crippen LogP contribution is -2.27. The number of carbonyl (C=O) groups excluding carboxylic acids is 2. The van der Waals surface area contributed by atoms with Crippen molar-refractivity contribution in [2.24, 2.45) is 5.10 Å². The fourth-order valence-electron chi connectivity index (χ4n) is 2.27. The monoisotopic (exact) mass is 331 g/mol. The molecule has 132 valence electrons. The van der Waals surface area contributed by atoms with Gasteiger partial charge in [-0.2, -0.15) is 5.10 Å². The summed E-state index contributed by atoms with van der Waals surface area (Å²) in [7, 11) is 0. The number of nitrogens with one attached hydrogen (secondary N) is 2. The Bertz CT molecular complexity index is 527. The van der Waals surface area contributed by atoms with Gasteiger partial charge in [0, 0.05) is 17.8 Å². The summed E-state index contributed by atoms with van der Waals surface area (Å²) in [5, 5.41) is 6.87. The third-order valence-electron chi connectivity index (χ3n) is 3.65. The molecule has 5 nitrogen and oxygen atoms in total. The SMILES string of the molecule is CCCCCCCCNC(=O)C/C(C)=N\NC(=O)c1ccccc1. The summed E-state index contributed by atoms with van der Waals surface area (Å²) in [5.41, 5.74) is 3.60. The molecule has 1 aromatic carbocycles. The Kier molecular flexibility index (Phi) is 10.2. The van der Waals surface area contributed by atoms with E-state index in [0.29, 0.717) is 17.8 Å². The molecule has 1 rings (SSSR count). The third-order valence-corrected chi connectivity index (χ3v) is 3.65. The molecule has 0 saturated heterocycles. The van der Waals surface area contributed by atoms with Crippen LogP contribution in [0, 0.1) is 0 Å². The zero-order valence-electron chi connectivity index (χ0n) is 14.8. The summed E-state index contributed by atoms with van der Waals surface area (Å²) in [4.78, 5) is 23.6. The first-order chi connectivity index (χ1) is 11.6. The zero-order chi connectivity index (χ0) is 17.6. The normalized spacial score (nSPS) is 11.2. The van der Waals surface area contributed by atoms with Crippen molar-refractivity contribution in [2.45, 2.75) is 58.8 Å². The number of carbonyl (C=O) groups is 2. The Balaban J connectivity index is 2.18. The second-order valence-electron chi connectivity index (χ2n) is 5.95. The molecule has 0 bridgehead atoms. The van der Waals surface area contributed by atoms with Gasteiger partial charge in [-0.3, -0.25) is 9.59 Å². The van der Waals surface area contributed by atoms with Gasteiger partial charge in [0.15, 0.2) is 0 Å². The maximum atomic E-state index is 11.8. The molecule has 0 atom stereocenters. The molecule has 0 aliphatic rings. The van der Waals surface area contributed by atoms with Crippen molar-refractivity contribution in [1.29, 1.82) is 0 Å². The minimum absolute atomic E-state index is 0.0567.